The van der Waals surface area contributed by atoms with Crippen LogP contribution in [0.1, 0.15) is 49.3 Å². The molecule has 1 atom stereocenters. The maximum Gasteiger partial charge on any atom is 0.206 e. The summed E-state index contributed by atoms with van der Waals surface area (Å²) in [7, 11) is -0.0714. The van der Waals surface area contributed by atoms with E-state index in [0.29, 0.717) is 0 Å². The van der Waals surface area contributed by atoms with Crippen LogP contribution in [-0.2, 0) is 12.8 Å². The van der Waals surface area contributed by atoms with E-state index in [2.05, 4.69) is 80.6 Å². The molecule has 1 unspecified atom stereocenters. The van der Waals surface area contributed by atoms with Gasteiger partial charge in [-0.1, -0.05) is 44.9 Å². The van der Waals surface area contributed by atoms with Crippen LogP contribution in [0.2, 0.25) is 0 Å². The van der Waals surface area contributed by atoms with E-state index in [1.807, 2.05) is 34.0 Å². The van der Waals surface area contributed by atoms with E-state index in [0.717, 1.165) is 0 Å². The lowest BCUT2D eigenvalue weighted by Crippen LogP contribution is -1.76. The highest BCUT2D eigenvalue weighted by Crippen LogP contribution is 2.57. The van der Waals surface area contributed by atoms with E-state index in [9.17, 15) is 0 Å². The third kappa shape index (κ3) is 3.57. The average Bonchev–Trinajstić information content (AvgIpc) is 3.66. The highest BCUT2D eigenvalue weighted by atomic mass is 32.2. The number of unbranched alkanes of at least 4 members (excludes halogenated alkanes) is 2. The Balaban J connectivity index is 1.57. The zero-order valence-corrected chi connectivity index (χ0v) is 24.0. The zero-order chi connectivity index (χ0) is 24.2. The first-order valence-electron chi connectivity index (χ1n) is 13.1. The van der Waals surface area contributed by atoms with Crippen LogP contribution >= 0.6 is 44.5 Å². The van der Waals surface area contributed by atoms with Gasteiger partial charge < -0.3 is 0 Å². The smallest absolute Gasteiger partial charge is 0.140 e. The maximum absolute atomic E-state index is 2.52. The third-order valence-electron chi connectivity index (χ3n) is 7.25. The largest absolute Gasteiger partial charge is 0.206 e. The molecule has 0 amide bonds. The second-order valence-corrected chi connectivity index (χ2v) is 15.0. The summed E-state index contributed by atoms with van der Waals surface area (Å²) in [5.74, 6) is 0. The Morgan fingerprint density at radius 3 is 1.86 bits per heavy atom. The van der Waals surface area contributed by atoms with Crippen LogP contribution in [-0.4, -0.2) is 0 Å². The lowest BCUT2D eigenvalue weighted by molar-refractivity contribution is 0.804. The number of rotatable bonds is 7. The predicted octanol–water partition coefficient (Wildman–Crippen LogP) is 12.1. The standard InChI is InChI=1S/C32H29S4/c1-3-5-10-20-18-25-27(33-20)16-14-23-29(25)35-30-24-15-17-28-26(19-21(34-28)11-6-4-2)31(24)36(32(23)30)22-12-8-7-9-13-22/h7-9,12-19H,3-6,10-11H2,1-2H3/q+1. The highest BCUT2D eigenvalue weighted by Gasteiger charge is 2.30. The van der Waals surface area contributed by atoms with Gasteiger partial charge in [0.25, 0.3) is 0 Å². The van der Waals surface area contributed by atoms with E-state index < -0.39 is 0 Å². The molecule has 0 aliphatic heterocycles. The van der Waals surface area contributed by atoms with Crippen LogP contribution in [0.15, 0.2) is 66.7 Å². The van der Waals surface area contributed by atoms with Gasteiger partial charge in [0.1, 0.15) is 4.70 Å². The third-order valence-corrected chi connectivity index (χ3v) is 13.4. The van der Waals surface area contributed by atoms with Gasteiger partial charge >= 0.3 is 0 Å². The first-order chi connectivity index (χ1) is 17.8. The Morgan fingerprint density at radius 2 is 1.19 bits per heavy atom. The summed E-state index contributed by atoms with van der Waals surface area (Å²) in [6, 6.07) is 25.9. The topological polar surface area (TPSA) is 0 Å². The number of aryl methyl sites for hydroxylation is 2. The summed E-state index contributed by atoms with van der Waals surface area (Å²) in [6.45, 7) is 4.58. The quantitative estimate of drug-likeness (QED) is 0.176. The molecule has 36 heavy (non-hydrogen) atoms. The molecule has 0 saturated carbocycles. The second-order valence-electron chi connectivity index (χ2n) is 9.72. The molecular formula is C32H29S4+. The second kappa shape index (κ2) is 9.25. The molecule has 0 bridgehead atoms. The molecule has 3 aromatic carbocycles. The van der Waals surface area contributed by atoms with E-state index in [1.54, 1.807) is 9.40 Å². The Bertz CT molecular complexity index is 1850. The summed E-state index contributed by atoms with van der Waals surface area (Å²) in [6.07, 6.45) is 7.46. The summed E-state index contributed by atoms with van der Waals surface area (Å²) in [5, 5.41) is 5.91. The van der Waals surface area contributed by atoms with Crippen LogP contribution in [0.3, 0.4) is 0 Å². The minimum atomic E-state index is -0.0714. The van der Waals surface area contributed by atoms with E-state index >= 15 is 0 Å². The molecule has 0 fully saturated rings. The zero-order valence-electron chi connectivity index (χ0n) is 20.7. The van der Waals surface area contributed by atoms with E-state index in [-0.39, 0.29) is 10.5 Å². The van der Waals surface area contributed by atoms with Gasteiger partial charge in [0.2, 0.25) is 4.70 Å². The molecule has 4 heteroatoms. The van der Waals surface area contributed by atoms with Crippen molar-refractivity contribution in [3.05, 3.63) is 76.5 Å². The van der Waals surface area contributed by atoms with Crippen molar-refractivity contribution in [2.24, 2.45) is 0 Å². The summed E-state index contributed by atoms with van der Waals surface area (Å²) < 4.78 is 9.02. The Hall–Kier alpha value is -2.24. The van der Waals surface area contributed by atoms with Crippen molar-refractivity contribution in [3.8, 4) is 4.90 Å². The van der Waals surface area contributed by atoms with Crippen molar-refractivity contribution in [2.45, 2.75) is 52.4 Å². The van der Waals surface area contributed by atoms with Crippen molar-refractivity contribution in [1.82, 2.24) is 0 Å². The van der Waals surface area contributed by atoms with Gasteiger partial charge in [-0.05, 0) is 74.2 Å². The maximum atomic E-state index is 2.52. The number of hydrogen-bond acceptors (Lipinski definition) is 3. The number of hydrogen-bond donors (Lipinski definition) is 0. The first-order valence-corrected chi connectivity index (χ1v) is 16.8. The Kier molecular flexibility index (Phi) is 5.89. The van der Waals surface area contributed by atoms with Gasteiger partial charge in [0, 0.05) is 39.7 Å². The molecule has 7 aromatic rings. The molecule has 4 heterocycles. The van der Waals surface area contributed by atoms with Crippen LogP contribution in [0.4, 0.5) is 0 Å². The molecule has 180 valence electrons. The SMILES string of the molecule is CCCCc1cc2c(ccc3c2sc2c4ccc5sc(CCCC)cc5c4[s+](-c4ccccc4)c32)s1. The summed E-state index contributed by atoms with van der Waals surface area (Å²) in [4.78, 5) is 4.52. The number of benzene rings is 3. The van der Waals surface area contributed by atoms with Crippen molar-refractivity contribution in [2.75, 3.05) is 0 Å². The van der Waals surface area contributed by atoms with Crippen molar-refractivity contribution >= 4 is 94.2 Å². The molecule has 0 nitrogen and oxygen atoms in total. The molecule has 0 saturated heterocycles. The molecule has 4 aromatic heterocycles. The number of thiophene rings is 4. The van der Waals surface area contributed by atoms with Crippen LogP contribution < -0.4 is 0 Å². The summed E-state index contributed by atoms with van der Waals surface area (Å²) in [5.41, 5.74) is 0. The Labute approximate surface area is 226 Å². The molecule has 0 radical (unpaired) electrons. The van der Waals surface area contributed by atoms with Gasteiger partial charge in [0.15, 0.2) is 9.60 Å². The van der Waals surface area contributed by atoms with Crippen LogP contribution in [0.5, 0.6) is 0 Å². The van der Waals surface area contributed by atoms with Gasteiger partial charge in [-0.15, -0.1) is 34.0 Å². The van der Waals surface area contributed by atoms with Crippen LogP contribution in [0, 0.1) is 0 Å². The summed E-state index contributed by atoms with van der Waals surface area (Å²) >= 11 is 6.04. The highest BCUT2D eigenvalue weighted by molar-refractivity contribution is 7.54. The minimum absolute atomic E-state index is 0.0714. The lowest BCUT2D eigenvalue weighted by atomic mass is 10.1. The lowest BCUT2D eigenvalue weighted by Gasteiger charge is -1.96. The van der Waals surface area contributed by atoms with Crippen molar-refractivity contribution in [3.63, 3.8) is 0 Å². The van der Waals surface area contributed by atoms with Crippen molar-refractivity contribution in [1.29, 1.82) is 0 Å². The molecular weight excluding hydrogens is 513 g/mol. The van der Waals surface area contributed by atoms with Crippen molar-refractivity contribution < 1.29 is 0 Å². The molecule has 0 aliphatic rings. The fourth-order valence-electron chi connectivity index (χ4n) is 5.46. The number of fused-ring (bicyclic) bond motifs is 9. The van der Waals surface area contributed by atoms with Gasteiger partial charge in [-0.2, -0.15) is 0 Å². The normalized spacial score (nSPS) is 12.8. The van der Waals surface area contributed by atoms with Crippen LogP contribution in [0.25, 0.3) is 54.6 Å². The van der Waals surface area contributed by atoms with E-state index in [1.165, 1.54) is 93.5 Å². The predicted molar refractivity (Wildman–Crippen MR) is 169 cm³/mol. The first kappa shape index (κ1) is 22.9. The fourth-order valence-corrected chi connectivity index (χ4v) is 12.1. The molecule has 0 N–H and O–H groups in total. The monoisotopic (exact) mass is 541 g/mol. The Morgan fingerprint density at radius 1 is 0.583 bits per heavy atom. The average molecular weight is 542 g/mol. The van der Waals surface area contributed by atoms with E-state index in [4.69, 9.17) is 0 Å². The fraction of sp³-hybridized carbons (Fsp3) is 0.250. The van der Waals surface area contributed by atoms with Gasteiger partial charge in [0.05, 0.1) is 16.2 Å². The molecule has 0 spiro atoms. The minimum Gasteiger partial charge on any atom is -0.140 e. The molecule has 7 rings (SSSR count). The van der Waals surface area contributed by atoms with Gasteiger partial charge in [-0.3, -0.25) is 0 Å². The van der Waals surface area contributed by atoms with Gasteiger partial charge in [-0.25, -0.2) is 0 Å². The molecule has 0 aliphatic carbocycles.